The van der Waals surface area contributed by atoms with E-state index >= 15 is 0 Å². The summed E-state index contributed by atoms with van der Waals surface area (Å²) in [6.45, 7) is 7.38. The number of aromatic nitrogens is 4. The van der Waals surface area contributed by atoms with E-state index in [0.717, 1.165) is 35.6 Å². The van der Waals surface area contributed by atoms with Crippen LogP contribution in [0.4, 0.5) is 5.82 Å². The molecular weight excluding hydrogens is 412 g/mol. The first-order chi connectivity index (χ1) is 15.6. The van der Waals surface area contributed by atoms with Gasteiger partial charge in [-0.15, -0.1) is 0 Å². The van der Waals surface area contributed by atoms with Gasteiger partial charge < -0.3 is 18.9 Å². The van der Waals surface area contributed by atoms with E-state index in [2.05, 4.69) is 28.3 Å². The van der Waals surface area contributed by atoms with E-state index in [1.54, 1.807) is 5.48 Å². The molecule has 0 aliphatic carbocycles. The topological polar surface area (TPSA) is 115 Å². The third-order valence-electron chi connectivity index (χ3n) is 5.30. The summed E-state index contributed by atoms with van der Waals surface area (Å²) in [6.07, 6.45) is 2.51. The third kappa shape index (κ3) is 4.81. The summed E-state index contributed by atoms with van der Waals surface area (Å²) in [5, 5.41) is 8.57. The molecule has 0 spiro atoms. The first kappa shape index (κ1) is 22.0. The number of rotatable bonds is 8. The molecule has 2 N–H and O–H groups in total. The number of ether oxygens (including phenoxy) is 2. The van der Waals surface area contributed by atoms with E-state index in [0.29, 0.717) is 37.8 Å². The zero-order valence-corrected chi connectivity index (χ0v) is 18.3. The van der Waals surface area contributed by atoms with E-state index in [-0.39, 0.29) is 12.5 Å². The second kappa shape index (κ2) is 9.92. The molecule has 170 valence electrons. The first-order valence-corrected chi connectivity index (χ1v) is 10.8. The Hall–Kier alpha value is -3.24. The highest BCUT2D eigenvalue weighted by Crippen LogP contribution is 2.30. The molecular formula is C22H28N6O4. The highest BCUT2D eigenvalue weighted by atomic mass is 16.5. The van der Waals surface area contributed by atoms with E-state index in [1.165, 1.54) is 0 Å². The molecule has 3 aromatic rings. The molecule has 10 heteroatoms. The van der Waals surface area contributed by atoms with Gasteiger partial charge in [0.25, 0.3) is 0 Å². The van der Waals surface area contributed by atoms with Crippen LogP contribution in [0.25, 0.3) is 22.6 Å². The lowest BCUT2D eigenvalue weighted by Crippen LogP contribution is -2.37. The maximum absolute atomic E-state index is 11.1. The van der Waals surface area contributed by atoms with Crippen molar-refractivity contribution in [2.45, 2.75) is 32.7 Å². The molecule has 1 aliphatic rings. The first-order valence-electron chi connectivity index (χ1n) is 10.8. The van der Waals surface area contributed by atoms with Crippen LogP contribution in [0.1, 0.15) is 32.7 Å². The fourth-order valence-electron chi connectivity index (χ4n) is 3.61. The summed E-state index contributed by atoms with van der Waals surface area (Å²) >= 11 is 0. The number of nitrogens with one attached hydrogen (secondary N) is 1. The molecule has 4 rings (SSSR count). The van der Waals surface area contributed by atoms with Crippen molar-refractivity contribution in [2.24, 2.45) is 0 Å². The van der Waals surface area contributed by atoms with Crippen molar-refractivity contribution < 1.29 is 19.5 Å². The number of fused-ring (bicyclic) bond motifs is 1. The number of imidazole rings is 1. The Morgan fingerprint density at radius 1 is 1.28 bits per heavy atom. The largest absolute Gasteiger partial charge is 0.494 e. The molecule has 10 nitrogen and oxygen atoms in total. The van der Waals surface area contributed by atoms with Crippen molar-refractivity contribution in [3.8, 4) is 17.1 Å². The molecule has 0 atom stereocenters. The van der Waals surface area contributed by atoms with Crippen LogP contribution in [-0.2, 0) is 9.53 Å². The van der Waals surface area contributed by atoms with Gasteiger partial charge in [-0.05, 0) is 32.4 Å². The second-order valence-electron chi connectivity index (χ2n) is 7.90. The molecule has 0 unspecified atom stereocenters. The van der Waals surface area contributed by atoms with Gasteiger partial charge in [-0.2, -0.15) is 0 Å². The summed E-state index contributed by atoms with van der Waals surface area (Å²) in [7, 11) is 0. The summed E-state index contributed by atoms with van der Waals surface area (Å²) in [6, 6.07) is 7.81. The smallest absolute Gasteiger partial charge is 0.243 e. The summed E-state index contributed by atoms with van der Waals surface area (Å²) in [5.41, 5.74) is 4.05. The van der Waals surface area contributed by atoms with Gasteiger partial charge in [0, 0.05) is 31.1 Å². The van der Waals surface area contributed by atoms with E-state index in [9.17, 15) is 4.79 Å². The molecule has 2 aromatic heterocycles. The number of benzene rings is 1. The second-order valence-corrected chi connectivity index (χ2v) is 7.90. The fourth-order valence-corrected chi connectivity index (χ4v) is 3.61. The highest BCUT2D eigenvalue weighted by molar-refractivity contribution is 5.86. The molecule has 1 aromatic carbocycles. The van der Waals surface area contributed by atoms with Gasteiger partial charge in [0.2, 0.25) is 5.91 Å². The Morgan fingerprint density at radius 3 is 2.84 bits per heavy atom. The van der Waals surface area contributed by atoms with Crippen molar-refractivity contribution in [3.05, 3.63) is 30.6 Å². The number of morpholine rings is 1. The van der Waals surface area contributed by atoms with E-state index in [4.69, 9.17) is 24.6 Å². The molecule has 1 aliphatic heterocycles. The maximum atomic E-state index is 11.1. The molecule has 1 amide bonds. The molecule has 0 bridgehead atoms. The Bertz CT molecular complexity index is 1080. The van der Waals surface area contributed by atoms with Crippen molar-refractivity contribution in [3.63, 3.8) is 0 Å². The van der Waals surface area contributed by atoms with Crippen molar-refractivity contribution in [1.29, 1.82) is 0 Å². The number of hydroxylamine groups is 1. The summed E-state index contributed by atoms with van der Waals surface area (Å²) < 4.78 is 13.3. The Balaban J connectivity index is 1.64. The minimum Gasteiger partial charge on any atom is -0.494 e. The van der Waals surface area contributed by atoms with Crippen LogP contribution in [0.3, 0.4) is 0 Å². The average Bonchev–Trinajstić information content (AvgIpc) is 3.26. The number of hydrogen-bond acceptors (Lipinski definition) is 8. The normalized spacial score (nSPS) is 14.2. The van der Waals surface area contributed by atoms with Gasteiger partial charge in [0.1, 0.15) is 5.75 Å². The monoisotopic (exact) mass is 440 g/mol. The van der Waals surface area contributed by atoms with Gasteiger partial charge >= 0.3 is 0 Å². The van der Waals surface area contributed by atoms with Crippen molar-refractivity contribution in [2.75, 3.05) is 37.8 Å². The number of nitrogens with zero attached hydrogens (tertiary/aromatic N) is 5. The molecule has 0 saturated carbocycles. The SMILES string of the molecule is CC(C)n1cnc2c(N3CCOCC3)nc(-c3cccc(OCCCC(=O)NO)c3)nc21. The minimum absolute atomic E-state index is 0.193. The van der Waals surface area contributed by atoms with Crippen LogP contribution >= 0.6 is 0 Å². The van der Waals surface area contributed by atoms with Crippen LogP contribution in [0.15, 0.2) is 30.6 Å². The van der Waals surface area contributed by atoms with Crippen LogP contribution < -0.4 is 15.1 Å². The Labute approximate surface area is 186 Å². The van der Waals surface area contributed by atoms with Gasteiger partial charge in [-0.25, -0.2) is 20.4 Å². The Kier molecular flexibility index (Phi) is 6.81. The van der Waals surface area contributed by atoms with Crippen LogP contribution in [0.5, 0.6) is 5.75 Å². The van der Waals surface area contributed by atoms with Crippen LogP contribution in [0, 0.1) is 0 Å². The number of amides is 1. The Morgan fingerprint density at radius 2 is 2.09 bits per heavy atom. The van der Waals surface area contributed by atoms with E-state index in [1.807, 2.05) is 30.6 Å². The fraction of sp³-hybridized carbons (Fsp3) is 0.455. The van der Waals surface area contributed by atoms with E-state index < -0.39 is 5.91 Å². The third-order valence-corrected chi connectivity index (χ3v) is 5.30. The van der Waals surface area contributed by atoms with Crippen molar-refractivity contribution >= 4 is 22.9 Å². The van der Waals surface area contributed by atoms with Crippen molar-refractivity contribution in [1.82, 2.24) is 25.0 Å². The summed E-state index contributed by atoms with van der Waals surface area (Å²) in [5.74, 6) is 1.66. The predicted molar refractivity (Wildman–Crippen MR) is 119 cm³/mol. The molecule has 1 fully saturated rings. The number of carbonyl (C=O) groups is 1. The van der Waals surface area contributed by atoms with Gasteiger partial charge in [0.05, 0.1) is 26.1 Å². The molecule has 0 radical (unpaired) electrons. The molecule has 32 heavy (non-hydrogen) atoms. The zero-order chi connectivity index (χ0) is 22.5. The quantitative estimate of drug-likeness (QED) is 0.312. The highest BCUT2D eigenvalue weighted by Gasteiger charge is 2.21. The lowest BCUT2D eigenvalue weighted by molar-refractivity contribution is -0.129. The van der Waals surface area contributed by atoms with Gasteiger partial charge in [-0.3, -0.25) is 10.0 Å². The van der Waals surface area contributed by atoms with Gasteiger partial charge in [0.15, 0.2) is 22.8 Å². The molecule has 1 saturated heterocycles. The van der Waals surface area contributed by atoms with Gasteiger partial charge in [-0.1, -0.05) is 12.1 Å². The average molecular weight is 441 g/mol. The standard InChI is InChI=1S/C22H28N6O4/c1-15(2)28-14-23-19-21(27-8-11-31-12-9-27)24-20(25-22(19)28)16-5-3-6-17(13-16)32-10-4-7-18(29)26-30/h3,5-6,13-15,30H,4,7-12H2,1-2H3,(H,26,29). The predicted octanol–water partition coefficient (Wildman–Crippen LogP) is 2.58. The lowest BCUT2D eigenvalue weighted by atomic mass is 10.2. The lowest BCUT2D eigenvalue weighted by Gasteiger charge is -2.28. The molecule has 3 heterocycles. The van der Waals surface area contributed by atoms with Crippen LogP contribution in [0.2, 0.25) is 0 Å². The number of anilines is 1. The zero-order valence-electron chi connectivity index (χ0n) is 18.3. The minimum atomic E-state index is -0.429. The number of carbonyl (C=O) groups excluding carboxylic acids is 1. The number of hydrogen-bond donors (Lipinski definition) is 2. The maximum Gasteiger partial charge on any atom is 0.243 e. The summed E-state index contributed by atoms with van der Waals surface area (Å²) in [4.78, 5) is 27.7. The van der Waals surface area contributed by atoms with Crippen LogP contribution in [-0.4, -0.2) is 63.5 Å².